The van der Waals surface area contributed by atoms with Crippen molar-refractivity contribution >= 4 is 23.0 Å². The number of aldehydes is 1. The largest absolute Gasteiger partial charge is 0.356 e. The third-order valence-corrected chi connectivity index (χ3v) is 3.51. The van der Waals surface area contributed by atoms with Crippen LogP contribution in [0, 0.1) is 0 Å². The number of benzene rings is 1. The first-order valence-corrected chi connectivity index (χ1v) is 6.48. The van der Waals surface area contributed by atoms with Crippen molar-refractivity contribution in [3.63, 3.8) is 0 Å². The van der Waals surface area contributed by atoms with E-state index in [0.29, 0.717) is 5.56 Å². The molecule has 0 spiro atoms. The summed E-state index contributed by atoms with van der Waals surface area (Å²) < 4.78 is 0. The average Bonchev–Trinajstić information content (AvgIpc) is 2.46. The SMILES string of the molecule is O=Cc1cc2ccccc2nc1N1CCCCC1. The average molecular weight is 240 g/mol. The van der Waals surface area contributed by atoms with E-state index in [-0.39, 0.29) is 0 Å². The van der Waals surface area contributed by atoms with Gasteiger partial charge in [0.15, 0.2) is 6.29 Å². The predicted molar refractivity (Wildman–Crippen MR) is 73.2 cm³/mol. The van der Waals surface area contributed by atoms with Crippen molar-refractivity contribution in [1.82, 2.24) is 4.98 Å². The van der Waals surface area contributed by atoms with Gasteiger partial charge in [0.1, 0.15) is 5.82 Å². The Hall–Kier alpha value is -1.90. The monoisotopic (exact) mass is 240 g/mol. The number of anilines is 1. The molecule has 1 aromatic carbocycles. The number of nitrogens with zero attached hydrogens (tertiary/aromatic N) is 2. The van der Waals surface area contributed by atoms with Gasteiger partial charge in [-0.3, -0.25) is 4.79 Å². The van der Waals surface area contributed by atoms with Gasteiger partial charge in [-0.2, -0.15) is 0 Å². The lowest BCUT2D eigenvalue weighted by Crippen LogP contribution is -2.31. The first kappa shape index (κ1) is 11.2. The molecule has 3 nitrogen and oxygen atoms in total. The van der Waals surface area contributed by atoms with E-state index in [1.54, 1.807) is 0 Å². The number of aromatic nitrogens is 1. The van der Waals surface area contributed by atoms with Gasteiger partial charge in [0, 0.05) is 18.5 Å². The number of carbonyl (C=O) groups excluding carboxylic acids is 1. The summed E-state index contributed by atoms with van der Waals surface area (Å²) in [7, 11) is 0. The van der Waals surface area contributed by atoms with Crippen LogP contribution < -0.4 is 4.90 Å². The molecular formula is C15H16N2O. The Kier molecular flexibility index (Phi) is 2.97. The van der Waals surface area contributed by atoms with E-state index in [0.717, 1.165) is 36.1 Å². The molecule has 92 valence electrons. The maximum absolute atomic E-state index is 11.2. The first-order chi connectivity index (χ1) is 8.88. The van der Waals surface area contributed by atoms with Crippen LogP contribution in [0.4, 0.5) is 5.82 Å². The van der Waals surface area contributed by atoms with Crippen LogP contribution in [0.2, 0.25) is 0 Å². The Labute approximate surface area is 106 Å². The first-order valence-electron chi connectivity index (χ1n) is 6.48. The molecule has 1 aliphatic heterocycles. The zero-order valence-electron chi connectivity index (χ0n) is 10.3. The van der Waals surface area contributed by atoms with Crippen LogP contribution in [0.25, 0.3) is 10.9 Å². The number of para-hydroxylation sites is 1. The molecule has 1 saturated heterocycles. The minimum Gasteiger partial charge on any atom is -0.356 e. The highest BCUT2D eigenvalue weighted by Crippen LogP contribution is 2.24. The van der Waals surface area contributed by atoms with Crippen molar-refractivity contribution < 1.29 is 4.79 Å². The van der Waals surface area contributed by atoms with Gasteiger partial charge < -0.3 is 4.90 Å². The Balaban J connectivity index is 2.10. The van der Waals surface area contributed by atoms with Crippen molar-refractivity contribution in [3.05, 3.63) is 35.9 Å². The second-order valence-electron chi connectivity index (χ2n) is 4.76. The quantitative estimate of drug-likeness (QED) is 0.756. The fourth-order valence-electron chi connectivity index (χ4n) is 2.57. The number of piperidine rings is 1. The normalized spacial score (nSPS) is 15.9. The van der Waals surface area contributed by atoms with Gasteiger partial charge in [-0.1, -0.05) is 18.2 Å². The number of fused-ring (bicyclic) bond motifs is 1. The highest BCUT2D eigenvalue weighted by Gasteiger charge is 2.16. The third kappa shape index (κ3) is 1.96. The maximum atomic E-state index is 11.2. The Bertz CT molecular complexity index is 574. The van der Waals surface area contributed by atoms with Crippen LogP contribution >= 0.6 is 0 Å². The zero-order valence-corrected chi connectivity index (χ0v) is 10.3. The van der Waals surface area contributed by atoms with Crippen molar-refractivity contribution in [2.45, 2.75) is 19.3 Å². The molecule has 0 atom stereocenters. The molecule has 0 unspecified atom stereocenters. The molecule has 2 heterocycles. The summed E-state index contributed by atoms with van der Waals surface area (Å²) in [5.74, 6) is 0.850. The summed E-state index contributed by atoms with van der Waals surface area (Å²) in [6.07, 6.45) is 4.57. The van der Waals surface area contributed by atoms with Gasteiger partial charge in [-0.25, -0.2) is 4.98 Å². The van der Waals surface area contributed by atoms with Crippen LogP contribution in [0.3, 0.4) is 0 Å². The number of rotatable bonds is 2. The summed E-state index contributed by atoms with van der Waals surface area (Å²) in [5, 5.41) is 1.03. The van der Waals surface area contributed by atoms with E-state index in [1.807, 2.05) is 30.3 Å². The van der Waals surface area contributed by atoms with Gasteiger partial charge in [0.2, 0.25) is 0 Å². The lowest BCUT2D eigenvalue weighted by molar-refractivity contribution is 0.112. The molecule has 3 heteroatoms. The highest BCUT2D eigenvalue weighted by atomic mass is 16.1. The third-order valence-electron chi connectivity index (χ3n) is 3.51. The molecular weight excluding hydrogens is 224 g/mol. The van der Waals surface area contributed by atoms with E-state index in [9.17, 15) is 4.79 Å². The number of hydrogen-bond acceptors (Lipinski definition) is 3. The molecule has 0 saturated carbocycles. The summed E-state index contributed by atoms with van der Waals surface area (Å²) in [6, 6.07) is 9.89. The Morgan fingerprint density at radius 3 is 2.67 bits per heavy atom. The lowest BCUT2D eigenvalue weighted by atomic mass is 10.1. The molecule has 0 N–H and O–H groups in total. The van der Waals surface area contributed by atoms with Crippen LogP contribution in [0.1, 0.15) is 29.6 Å². The van der Waals surface area contributed by atoms with Crippen molar-refractivity contribution in [1.29, 1.82) is 0 Å². The Morgan fingerprint density at radius 1 is 1.11 bits per heavy atom. The molecule has 1 fully saturated rings. The molecule has 2 aromatic rings. The molecule has 0 aliphatic carbocycles. The van der Waals surface area contributed by atoms with Crippen LogP contribution in [-0.4, -0.2) is 24.4 Å². The van der Waals surface area contributed by atoms with Gasteiger partial charge in [-0.05, 0) is 31.4 Å². The molecule has 1 aliphatic rings. The van der Waals surface area contributed by atoms with Gasteiger partial charge in [-0.15, -0.1) is 0 Å². The van der Waals surface area contributed by atoms with E-state index >= 15 is 0 Å². The predicted octanol–water partition coefficient (Wildman–Crippen LogP) is 3.04. The zero-order chi connectivity index (χ0) is 12.4. The molecule has 3 rings (SSSR count). The Morgan fingerprint density at radius 2 is 1.89 bits per heavy atom. The van der Waals surface area contributed by atoms with Crippen molar-refractivity contribution in [2.75, 3.05) is 18.0 Å². The van der Waals surface area contributed by atoms with Crippen LogP contribution in [-0.2, 0) is 0 Å². The van der Waals surface area contributed by atoms with Crippen LogP contribution in [0.15, 0.2) is 30.3 Å². The molecule has 18 heavy (non-hydrogen) atoms. The van der Waals surface area contributed by atoms with E-state index in [2.05, 4.69) is 9.88 Å². The van der Waals surface area contributed by atoms with E-state index in [4.69, 9.17) is 0 Å². The smallest absolute Gasteiger partial charge is 0.153 e. The summed E-state index contributed by atoms with van der Waals surface area (Å²) in [5.41, 5.74) is 1.67. The topological polar surface area (TPSA) is 33.2 Å². The minimum atomic E-state index is 0.704. The summed E-state index contributed by atoms with van der Waals surface area (Å²) >= 11 is 0. The van der Waals surface area contributed by atoms with Gasteiger partial charge in [0.05, 0.1) is 11.1 Å². The maximum Gasteiger partial charge on any atom is 0.153 e. The number of pyridine rings is 1. The van der Waals surface area contributed by atoms with Gasteiger partial charge >= 0.3 is 0 Å². The molecule has 0 bridgehead atoms. The fraction of sp³-hybridized carbons (Fsp3) is 0.333. The second kappa shape index (κ2) is 4.77. The lowest BCUT2D eigenvalue weighted by Gasteiger charge is -2.28. The number of hydrogen-bond donors (Lipinski definition) is 0. The minimum absolute atomic E-state index is 0.704. The summed E-state index contributed by atoms with van der Waals surface area (Å²) in [6.45, 7) is 2.01. The standard InChI is InChI=1S/C15H16N2O/c18-11-13-10-12-6-2-3-7-14(12)16-15(13)17-8-4-1-5-9-17/h2-3,6-7,10-11H,1,4-5,8-9H2. The van der Waals surface area contributed by atoms with Crippen LogP contribution in [0.5, 0.6) is 0 Å². The molecule has 0 radical (unpaired) electrons. The molecule has 1 aromatic heterocycles. The highest BCUT2D eigenvalue weighted by molar-refractivity contribution is 5.91. The van der Waals surface area contributed by atoms with Crippen molar-refractivity contribution in [3.8, 4) is 0 Å². The van der Waals surface area contributed by atoms with Crippen molar-refractivity contribution in [2.24, 2.45) is 0 Å². The van der Waals surface area contributed by atoms with E-state index in [1.165, 1.54) is 19.3 Å². The molecule has 0 amide bonds. The summed E-state index contributed by atoms with van der Waals surface area (Å²) in [4.78, 5) is 18.1. The fourth-order valence-corrected chi connectivity index (χ4v) is 2.57. The second-order valence-corrected chi connectivity index (χ2v) is 4.76. The van der Waals surface area contributed by atoms with E-state index < -0.39 is 0 Å². The number of carbonyl (C=O) groups is 1. The van der Waals surface area contributed by atoms with Gasteiger partial charge in [0.25, 0.3) is 0 Å².